The summed E-state index contributed by atoms with van der Waals surface area (Å²) >= 11 is 0. The van der Waals surface area contributed by atoms with Crippen LogP contribution in [0.3, 0.4) is 0 Å². The Morgan fingerprint density at radius 1 is 1.25 bits per heavy atom. The number of methoxy groups -OCH3 is 2. The van der Waals surface area contributed by atoms with Crippen LogP contribution in [0.15, 0.2) is 23.2 Å². The first kappa shape index (κ1) is 26.1. The van der Waals surface area contributed by atoms with E-state index in [0.29, 0.717) is 30.4 Å². The summed E-state index contributed by atoms with van der Waals surface area (Å²) in [6.07, 6.45) is 0. The van der Waals surface area contributed by atoms with Gasteiger partial charge < -0.3 is 29.7 Å². The van der Waals surface area contributed by atoms with Crippen LogP contribution in [0.1, 0.15) is 5.56 Å². The zero-order chi connectivity index (χ0) is 20.2. The Morgan fingerprint density at radius 2 is 1.96 bits per heavy atom. The number of hydrogen-bond acceptors (Lipinski definition) is 5. The third-order valence-electron chi connectivity index (χ3n) is 3.40. The van der Waals surface area contributed by atoms with E-state index < -0.39 is 6.61 Å². The molecule has 2 N–H and O–H groups in total. The van der Waals surface area contributed by atoms with E-state index in [9.17, 15) is 13.6 Å². The van der Waals surface area contributed by atoms with Crippen LogP contribution in [-0.4, -0.2) is 71.4 Å². The third kappa shape index (κ3) is 9.88. The van der Waals surface area contributed by atoms with Crippen molar-refractivity contribution < 1.29 is 27.8 Å². The summed E-state index contributed by atoms with van der Waals surface area (Å²) < 4.78 is 39.8. The molecule has 0 aliphatic heterocycles. The van der Waals surface area contributed by atoms with Gasteiger partial charge in [-0.05, 0) is 18.2 Å². The largest absolute Gasteiger partial charge is 0.497 e. The molecule has 0 spiro atoms. The van der Waals surface area contributed by atoms with Crippen molar-refractivity contribution in [2.45, 2.75) is 13.2 Å². The van der Waals surface area contributed by atoms with Crippen molar-refractivity contribution in [1.29, 1.82) is 0 Å². The molecule has 0 atom stereocenters. The monoisotopic (exact) mass is 516 g/mol. The predicted octanol–water partition coefficient (Wildman–Crippen LogP) is 1.68. The molecule has 1 rings (SSSR count). The van der Waals surface area contributed by atoms with Crippen molar-refractivity contribution >= 4 is 35.8 Å². The Kier molecular flexibility index (Phi) is 13.2. The van der Waals surface area contributed by atoms with Crippen molar-refractivity contribution in [3.8, 4) is 11.5 Å². The molecule has 8 nitrogen and oxygen atoms in total. The molecule has 1 amide bonds. The molecule has 1 aromatic rings. The number of alkyl halides is 2. The molecule has 0 fully saturated rings. The maximum Gasteiger partial charge on any atom is 0.387 e. The number of guanidine groups is 1. The summed E-state index contributed by atoms with van der Waals surface area (Å²) in [6.45, 7) is -1.99. The Hall–Kier alpha value is -1.89. The molecule has 28 heavy (non-hydrogen) atoms. The highest BCUT2D eigenvalue weighted by Gasteiger charge is 2.12. The van der Waals surface area contributed by atoms with Crippen molar-refractivity contribution in [1.82, 2.24) is 15.5 Å². The third-order valence-corrected chi connectivity index (χ3v) is 3.40. The Morgan fingerprint density at radius 3 is 2.54 bits per heavy atom. The van der Waals surface area contributed by atoms with E-state index >= 15 is 0 Å². The van der Waals surface area contributed by atoms with Gasteiger partial charge in [0, 0.05) is 33.3 Å². The number of rotatable bonds is 10. The Bertz CT molecular complexity index is 633. The van der Waals surface area contributed by atoms with Crippen molar-refractivity contribution in [2.75, 3.05) is 48.0 Å². The molecule has 0 bridgehead atoms. The van der Waals surface area contributed by atoms with Gasteiger partial charge in [0.2, 0.25) is 5.91 Å². The summed E-state index contributed by atoms with van der Waals surface area (Å²) in [4.78, 5) is 17.5. The molecular weight excluding hydrogens is 489 g/mol. The van der Waals surface area contributed by atoms with Gasteiger partial charge in [-0.1, -0.05) is 0 Å². The van der Waals surface area contributed by atoms with E-state index in [2.05, 4.69) is 20.4 Å². The maximum atomic E-state index is 12.6. The van der Waals surface area contributed by atoms with Crippen LogP contribution in [0.5, 0.6) is 11.5 Å². The van der Waals surface area contributed by atoms with Crippen LogP contribution in [0.4, 0.5) is 8.78 Å². The van der Waals surface area contributed by atoms with Crippen LogP contribution >= 0.6 is 24.0 Å². The lowest BCUT2D eigenvalue weighted by Crippen LogP contribution is -2.43. The quantitative estimate of drug-likeness (QED) is 0.213. The lowest BCUT2D eigenvalue weighted by atomic mass is 10.2. The summed E-state index contributed by atoms with van der Waals surface area (Å²) in [6, 6.07) is 4.49. The molecule has 160 valence electrons. The van der Waals surface area contributed by atoms with E-state index in [1.165, 1.54) is 24.1 Å². The highest BCUT2D eigenvalue weighted by molar-refractivity contribution is 14.0. The average molecular weight is 516 g/mol. The first-order valence-corrected chi connectivity index (χ1v) is 8.20. The van der Waals surface area contributed by atoms with Gasteiger partial charge in [-0.3, -0.25) is 4.79 Å². The number of benzene rings is 1. The van der Waals surface area contributed by atoms with Gasteiger partial charge in [0.1, 0.15) is 11.5 Å². The van der Waals surface area contributed by atoms with Crippen molar-refractivity contribution in [3.63, 3.8) is 0 Å². The molecular formula is C17H27F2IN4O4. The molecule has 0 saturated carbocycles. The number of amides is 1. The fraction of sp³-hybridized carbons (Fsp3) is 0.529. The van der Waals surface area contributed by atoms with Gasteiger partial charge >= 0.3 is 6.61 Å². The summed E-state index contributed by atoms with van der Waals surface area (Å²) in [5.74, 6) is 0.703. The van der Waals surface area contributed by atoms with Crippen LogP contribution in [-0.2, 0) is 16.1 Å². The molecule has 0 unspecified atom stereocenters. The van der Waals surface area contributed by atoms with Crippen molar-refractivity contribution in [2.24, 2.45) is 4.99 Å². The lowest BCUT2D eigenvalue weighted by molar-refractivity contribution is -0.127. The zero-order valence-corrected chi connectivity index (χ0v) is 18.7. The minimum atomic E-state index is -2.95. The second-order valence-electron chi connectivity index (χ2n) is 5.58. The molecule has 0 aromatic heterocycles. The van der Waals surface area contributed by atoms with Gasteiger partial charge in [0.05, 0.1) is 26.8 Å². The van der Waals surface area contributed by atoms with Gasteiger partial charge in [-0.25, -0.2) is 4.99 Å². The highest BCUT2D eigenvalue weighted by atomic mass is 127. The van der Waals surface area contributed by atoms with Crippen LogP contribution in [0, 0.1) is 0 Å². The van der Waals surface area contributed by atoms with E-state index in [1.807, 2.05) is 0 Å². The van der Waals surface area contributed by atoms with Gasteiger partial charge in [-0.15, -0.1) is 24.0 Å². The Labute approximate surface area is 180 Å². The maximum absolute atomic E-state index is 12.6. The van der Waals surface area contributed by atoms with E-state index in [1.54, 1.807) is 27.3 Å². The first-order valence-electron chi connectivity index (χ1n) is 8.20. The number of nitrogens with one attached hydrogen (secondary N) is 2. The highest BCUT2D eigenvalue weighted by Crippen LogP contribution is 2.26. The molecule has 0 radical (unpaired) electrons. The fourth-order valence-electron chi connectivity index (χ4n) is 1.94. The number of nitrogens with zero attached hydrogens (tertiary/aromatic N) is 2. The van der Waals surface area contributed by atoms with Crippen LogP contribution in [0.2, 0.25) is 0 Å². The SMILES string of the molecule is COCCNC(=NCc1cc(OC)ccc1OC(F)F)NCC(=O)N(C)C.I. The smallest absolute Gasteiger partial charge is 0.387 e. The number of hydrogen-bond donors (Lipinski definition) is 2. The lowest BCUT2D eigenvalue weighted by Gasteiger charge is -2.15. The van der Waals surface area contributed by atoms with E-state index in [0.717, 1.165) is 0 Å². The zero-order valence-electron chi connectivity index (χ0n) is 16.3. The number of likely N-dealkylation sites (N-methyl/N-ethyl adjacent to an activating group) is 1. The van der Waals surface area contributed by atoms with Crippen molar-refractivity contribution in [3.05, 3.63) is 23.8 Å². The second kappa shape index (κ2) is 14.2. The minimum Gasteiger partial charge on any atom is -0.497 e. The number of carbonyl (C=O) groups excluding carboxylic acids is 1. The number of carbonyl (C=O) groups is 1. The standard InChI is InChI=1S/C17H26F2N4O4.HI/c1-23(2)15(24)11-22-17(20-7-8-25-3)21-10-12-9-13(26-4)5-6-14(12)27-16(18)19;/h5-6,9,16H,7-8,10-11H2,1-4H3,(H2,20,21,22);1H. The number of ether oxygens (including phenoxy) is 3. The van der Waals surface area contributed by atoms with Gasteiger partial charge in [0.15, 0.2) is 5.96 Å². The molecule has 0 aliphatic rings. The number of halogens is 3. The first-order chi connectivity index (χ1) is 12.9. The van der Waals surface area contributed by atoms with Crippen LogP contribution < -0.4 is 20.1 Å². The molecule has 1 aromatic carbocycles. The van der Waals surface area contributed by atoms with Crippen LogP contribution in [0.25, 0.3) is 0 Å². The second-order valence-corrected chi connectivity index (χ2v) is 5.58. The predicted molar refractivity (Wildman–Crippen MR) is 113 cm³/mol. The molecule has 0 heterocycles. The molecule has 0 aliphatic carbocycles. The summed E-state index contributed by atoms with van der Waals surface area (Å²) in [7, 11) is 6.32. The summed E-state index contributed by atoms with van der Waals surface area (Å²) in [5.41, 5.74) is 0.418. The van der Waals surface area contributed by atoms with Gasteiger partial charge in [-0.2, -0.15) is 8.78 Å². The average Bonchev–Trinajstić information content (AvgIpc) is 2.63. The van der Waals surface area contributed by atoms with Gasteiger partial charge in [0.25, 0.3) is 0 Å². The summed E-state index contributed by atoms with van der Waals surface area (Å²) in [5, 5.41) is 5.89. The Balaban J connectivity index is 0.00000729. The molecule has 11 heteroatoms. The van der Waals surface area contributed by atoms with E-state index in [-0.39, 0.29) is 48.7 Å². The molecule has 0 saturated heterocycles. The fourth-order valence-corrected chi connectivity index (χ4v) is 1.94. The number of aliphatic imine (C=N–C) groups is 1. The topological polar surface area (TPSA) is 84.4 Å². The normalized spacial score (nSPS) is 10.9. The minimum absolute atomic E-state index is 0. The van der Waals surface area contributed by atoms with E-state index in [4.69, 9.17) is 9.47 Å².